The highest BCUT2D eigenvalue weighted by Crippen LogP contribution is 2.30. The van der Waals surface area contributed by atoms with E-state index in [9.17, 15) is 14.4 Å². The number of carboxylic acids is 1. The van der Waals surface area contributed by atoms with Gasteiger partial charge in [0.2, 0.25) is 5.91 Å². The number of nitrogens with zero attached hydrogens (tertiary/aromatic N) is 3. The molecule has 1 amide bonds. The molecule has 1 aromatic heterocycles. The highest BCUT2D eigenvalue weighted by atomic mass is 35.5. The summed E-state index contributed by atoms with van der Waals surface area (Å²) in [7, 11) is 1.56. The number of halogens is 1. The number of carboxylic acid groups (broad SMARTS) is 1. The Morgan fingerprint density at radius 3 is 2.58 bits per heavy atom. The Morgan fingerprint density at radius 2 is 1.88 bits per heavy atom. The van der Waals surface area contributed by atoms with Gasteiger partial charge in [0, 0.05) is 44.0 Å². The van der Waals surface area contributed by atoms with Crippen LogP contribution in [0.4, 0.5) is 5.69 Å². The lowest BCUT2D eigenvalue weighted by Crippen LogP contribution is -2.50. The van der Waals surface area contributed by atoms with Gasteiger partial charge < -0.3 is 28.8 Å². The summed E-state index contributed by atoms with van der Waals surface area (Å²) in [5, 5.41) is 9.25. The number of aromatic nitrogens is 1. The Labute approximate surface area is 193 Å². The molecule has 0 spiro atoms. The topological polar surface area (TPSA) is 114 Å². The molecule has 0 atom stereocenters. The van der Waals surface area contributed by atoms with Crippen molar-refractivity contribution in [2.24, 2.45) is 0 Å². The number of hydrogen-bond acceptors (Lipinski definition) is 7. The van der Waals surface area contributed by atoms with Crippen LogP contribution in [0.15, 0.2) is 45.6 Å². The number of amides is 1. The van der Waals surface area contributed by atoms with Gasteiger partial charge in [-0.2, -0.15) is 0 Å². The van der Waals surface area contributed by atoms with Crippen LogP contribution in [0.5, 0.6) is 11.5 Å². The second-order valence-corrected chi connectivity index (χ2v) is 7.86. The number of hydrogen-bond donors (Lipinski definition) is 1. The maximum Gasteiger partial charge on any atom is 0.420 e. The van der Waals surface area contributed by atoms with E-state index in [0.29, 0.717) is 42.5 Å². The van der Waals surface area contributed by atoms with Gasteiger partial charge in [0.1, 0.15) is 18.0 Å². The van der Waals surface area contributed by atoms with Crippen molar-refractivity contribution in [3.63, 3.8) is 0 Å². The van der Waals surface area contributed by atoms with E-state index < -0.39 is 18.3 Å². The highest BCUT2D eigenvalue weighted by Gasteiger charge is 2.23. The normalized spacial score (nSPS) is 13.9. The number of methoxy groups -OCH3 is 1. The molecule has 1 N–H and O–H groups in total. The van der Waals surface area contributed by atoms with Crippen molar-refractivity contribution in [2.45, 2.75) is 6.54 Å². The van der Waals surface area contributed by atoms with Crippen molar-refractivity contribution in [1.82, 2.24) is 9.47 Å². The summed E-state index contributed by atoms with van der Waals surface area (Å²) >= 11 is 6.10. The van der Waals surface area contributed by atoms with Crippen molar-refractivity contribution < 1.29 is 28.6 Å². The number of fused-ring (bicyclic) bond motifs is 1. The molecule has 2 heterocycles. The van der Waals surface area contributed by atoms with E-state index in [1.165, 1.54) is 16.7 Å². The van der Waals surface area contributed by atoms with E-state index in [1.807, 2.05) is 12.1 Å². The molecule has 0 saturated carbocycles. The van der Waals surface area contributed by atoms with Crippen LogP contribution in [0.25, 0.3) is 11.1 Å². The second-order valence-electron chi connectivity index (χ2n) is 7.45. The van der Waals surface area contributed by atoms with Crippen LogP contribution in [0, 0.1) is 0 Å². The van der Waals surface area contributed by atoms with Crippen molar-refractivity contribution in [3.05, 3.63) is 52.0 Å². The van der Waals surface area contributed by atoms with E-state index in [0.717, 1.165) is 5.69 Å². The molecule has 1 fully saturated rings. The standard InChI is InChI=1S/C22H22ClN3O7/c1-31-18-10-14(2-4-16(18)23)24-6-8-25(9-7-24)20(27)12-26-17-5-3-15(32-13-21(28)29)11-19(17)33-22(26)30/h2-5,10-11H,6-9,12-13H2,1H3,(H,28,29). The second kappa shape index (κ2) is 9.45. The molecule has 174 valence electrons. The van der Waals surface area contributed by atoms with Gasteiger partial charge in [0.15, 0.2) is 12.2 Å². The SMILES string of the molecule is COc1cc(N2CCN(C(=O)Cn3c(=O)oc4cc(OCC(=O)O)ccc43)CC2)ccc1Cl. The van der Waals surface area contributed by atoms with Crippen LogP contribution < -0.4 is 20.1 Å². The molecular weight excluding hydrogens is 454 g/mol. The summed E-state index contributed by atoms with van der Waals surface area (Å²) in [6, 6.07) is 10.1. The molecule has 3 aromatic rings. The highest BCUT2D eigenvalue weighted by molar-refractivity contribution is 6.32. The molecule has 0 aliphatic carbocycles. The molecule has 1 aliphatic rings. The first-order valence-corrected chi connectivity index (χ1v) is 10.6. The minimum absolute atomic E-state index is 0.157. The van der Waals surface area contributed by atoms with Crippen LogP contribution >= 0.6 is 11.6 Å². The molecule has 2 aromatic carbocycles. The largest absolute Gasteiger partial charge is 0.495 e. The number of rotatable bonds is 7. The first-order valence-electron chi connectivity index (χ1n) is 10.2. The number of piperazine rings is 1. The average Bonchev–Trinajstić information content (AvgIpc) is 3.12. The Hall–Kier alpha value is -3.66. The number of anilines is 1. The Balaban J connectivity index is 1.41. The lowest BCUT2D eigenvalue weighted by molar-refractivity contribution is -0.139. The Morgan fingerprint density at radius 1 is 1.12 bits per heavy atom. The summed E-state index contributed by atoms with van der Waals surface area (Å²) in [6.45, 7) is 1.59. The summed E-state index contributed by atoms with van der Waals surface area (Å²) in [5.74, 6) is -1.13. The summed E-state index contributed by atoms with van der Waals surface area (Å²) in [5.41, 5.74) is 1.61. The quantitative estimate of drug-likeness (QED) is 0.552. The molecule has 0 unspecified atom stereocenters. The third-order valence-corrected chi connectivity index (χ3v) is 5.74. The summed E-state index contributed by atoms with van der Waals surface area (Å²) in [6.07, 6.45) is 0. The lowest BCUT2D eigenvalue weighted by atomic mass is 10.2. The van der Waals surface area contributed by atoms with E-state index >= 15 is 0 Å². The number of carbonyl (C=O) groups is 2. The van der Waals surface area contributed by atoms with Crippen molar-refractivity contribution >= 4 is 40.3 Å². The summed E-state index contributed by atoms with van der Waals surface area (Å²) < 4.78 is 16.9. The van der Waals surface area contributed by atoms with Crippen LogP contribution in [-0.2, 0) is 16.1 Å². The van der Waals surface area contributed by atoms with Crippen molar-refractivity contribution in [3.8, 4) is 11.5 Å². The summed E-state index contributed by atoms with van der Waals surface area (Å²) in [4.78, 5) is 39.7. The predicted octanol–water partition coefficient (Wildman–Crippen LogP) is 2.07. The third-order valence-electron chi connectivity index (χ3n) is 5.43. The zero-order valence-electron chi connectivity index (χ0n) is 17.8. The third kappa shape index (κ3) is 4.90. The van der Waals surface area contributed by atoms with Crippen LogP contribution in [0.2, 0.25) is 5.02 Å². The minimum Gasteiger partial charge on any atom is -0.495 e. The van der Waals surface area contributed by atoms with Gasteiger partial charge in [-0.25, -0.2) is 9.59 Å². The van der Waals surface area contributed by atoms with Gasteiger partial charge in [0.25, 0.3) is 0 Å². The first kappa shape index (κ1) is 22.5. The maximum atomic E-state index is 12.9. The molecule has 10 nitrogen and oxygen atoms in total. The zero-order valence-corrected chi connectivity index (χ0v) is 18.6. The van der Waals surface area contributed by atoms with Gasteiger partial charge in [-0.3, -0.25) is 9.36 Å². The van der Waals surface area contributed by atoms with Crippen molar-refractivity contribution in [2.75, 3.05) is 44.8 Å². The van der Waals surface area contributed by atoms with Crippen molar-refractivity contribution in [1.29, 1.82) is 0 Å². The van der Waals surface area contributed by atoms with E-state index in [1.54, 1.807) is 24.1 Å². The zero-order chi connectivity index (χ0) is 23.5. The number of ether oxygens (including phenoxy) is 2. The van der Waals surface area contributed by atoms with Crippen LogP contribution in [-0.4, -0.2) is 66.3 Å². The van der Waals surface area contributed by atoms with E-state index in [2.05, 4.69) is 4.90 Å². The molecular formula is C22H22ClN3O7. The number of benzene rings is 2. The van der Waals surface area contributed by atoms with Crippen LogP contribution in [0.1, 0.15) is 0 Å². The molecule has 1 aliphatic heterocycles. The van der Waals surface area contributed by atoms with Gasteiger partial charge in [-0.15, -0.1) is 0 Å². The molecule has 1 saturated heterocycles. The maximum absolute atomic E-state index is 12.9. The lowest BCUT2D eigenvalue weighted by Gasteiger charge is -2.36. The Kier molecular flexibility index (Phi) is 6.45. The Bertz CT molecular complexity index is 1240. The molecule has 33 heavy (non-hydrogen) atoms. The van der Waals surface area contributed by atoms with Gasteiger partial charge >= 0.3 is 11.7 Å². The number of carbonyl (C=O) groups excluding carboxylic acids is 1. The van der Waals surface area contributed by atoms with Gasteiger partial charge in [0.05, 0.1) is 17.6 Å². The fraction of sp³-hybridized carbons (Fsp3) is 0.318. The minimum atomic E-state index is -1.12. The first-order chi connectivity index (χ1) is 15.9. The van der Waals surface area contributed by atoms with Gasteiger partial charge in [-0.1, -0.05) is 11.6 Å². The molecule has 0 radical (unpaired) electrons. The fourth-order valence-electron chi connectivity index (χ4n) is 3.73. The molecule has 4 rings (SSSR count). The fourth-order valence-corrected chi connectivity index (χ4v) is 3.92. The smallest absolute Gasteiger partial charge is 0.420 e. The monoisotopic (exact) mass is 475 g/mol. The molecule has 11 heteroatoms. The average molecular weight is 476 g/mol. The molecule has 0 bridgehead atoms. The van der Waals surface area contributed by atoms with E-state index in [-0.39, 0.29) is 23.8 Å². The van der Waals surface area contributed by atoms with E-state index in [4.69, 9.17) is 30.6 Å². The number of aliphatic carboxylic acids is 1. The number of oxazole rings is 1. The predicted molar refractivity (Wildman–Crippen MR) is 120 cm³/mol. The van der Waals surface area contributed by atoms with Gasteiger partial charge in [-0.05, 0) is 24.3 Å². The van der Waals surface area contributed by atoms with Crippen LogP contribution in [0.3, 0.4) is 0 Å².